The maximum atomic E-state index is 13.1. The van der Waals surface area contributed by atoms with Crippen LogP contribution in [0.5, 0.6) is 0 Å². The summed E-state index contributed by atoms with van der Waals surface area (Å²) in [5.41, 5.74) is 1.25. The number of carbonyl (C=O) groups excluding carboxylic acids is 2. The molecule has 0 saturated carbocycles. The molecule has 0 atom stereocenters. The fraction of sp³-hybridized carbons (Fsp3) is 0.520. The number of ether oxygens (including phenoxy) is 1. The Balaban J connectivity index is 1.61. The maximum absolute atomic E-state index is 13.1. The van der Waals surface area contributed by atoms with E-state index >= 15 is 0 Å². The predicted molar refractivity (Wildman–Crippen MR) is 145 cm³/mol. The van der Waals surface area contributed by atoms with Crippen molar-refractivity contribution < 1.29 is 14.3 Å². The first kappa shape index (κ1) is 25.9. The van der Waals surface area contributed by atoms with Crippen LogP contribution in [0.3, 0.4) is 0 Å². The number of hydrogen-bond donors (Lipinski definition) is 0. The van der Waals surface area contributed by atoms with Gasteiger partial charge in [-0.1, -0.05) is 64.7 Å². The standard InChI is InChI=1S/C25H30Br2O3S2/c1-3-4-5-6-7-8-9-10-11-12-13-30-25(29)22-18-15-20(27)31-23(18)21(16(2)28)17-14-19(26)32-24(17)22/h14-15H,3-13H2,1-2H3. The molecule has 0 spiro atoms. The van der Waals surface area contributed by atoms with Crippen LogP contribution in [-0.4, -0.2) is 18.4 Å². The van der Waals surface area contributed by atoms with Gasteiger partial charge in [0, 0.05) is 21.0 Å². The van der Waals surface area contributed by atoms with Crippen molar-refractivity contribution in [2.24, 2.45) is 0 Å². The number of esters is 1. The molecule has 0 amide bonds. The first-order valence-corrected chi connectivity index (χ1v) is 14.7. The Bertz CT molecular complexity index is 1030. The highest BCUT2D eigenvalue weighted by molar-refractivity contribution is 9.11. The van der Waals surface area contributed by atoms with Gasteiger partial charge in [0.05, 0.1) is 24.4 Å². The average molecular weight is 602 g/mol. The molecule has 0 N–H and O–H groups in total. The average Bonchev–Trinajstić information content (AvgIpc) is 3.30. The van der Waals surface area contributed by atoms with Gasteiger partial charge in [0.2, 0.25) is 0 Å². The van der Waals surface area contributed by atoms with E-state index in [2.05, 4.69) is 38.8 Å². The molecule has 0 saturated heterocycles. The molecule has 0 aliphatic heterocycles. The number of ketones is 1. The summed E-state index contributed by atoms with van der Waals surface area (Å²) < 4.78 is 9.14. The fourth-order valence-electron chi connectivity index (χ4n) is 4.09. The van der Waals surface area contributed by atoms with Crippen LogP contribution in [0.25, 0.3) is 20.2 Å². The van der Waals surface area contributed by atoms with E-state index in [1.165, 1.54) is 74.0 Å². The molecule has 32 heavy (non-hydrogen) atoms. The van der Waals surface area contributed by atoms with Crippen LogP contribution in [0.4, 0.5) is 0 Å². The SMILES string of the molecule is CCCCCCCCCCCCOC(=O)c1c2cc(Br)sc2c(C(C)=O)c2cc(Br)sc12. The molecular weight excluding hydrogens is 572 g/mol. The van der Waals surface area contributed by atoms with Crippen molar-refractivity contribution in [1.82, 2.24) is 0 Å². The minimum absolute atomic E-state index is 0.00457. The third kappa shape index (κ3) is 6.43. The van der Waals surface area contributed by atoms with E-state index in [9.17, 15) is 9.59 Å². The molecule has 0 unspecified atom stereocenters. The summed E-state index contributed by atoms with van der Waals surface area (Å²) in [6.45, 7) is 4.26. The van der Waals surface area contributed by atoms with E-state index < -0.39 is 0 Å². The minimum atomic E-state index is -0.300. The molecule has 7 heteroatoms. The number of unbranched alkanes of at least 4 members (excludes halogenated alkanes) is 9. The van der Waals surface area contributed by atoms with Crippen LogP contribution < -0.4 is 0 Å². The monoisotopic (exact) mass is 600 g/mol. The summed E-state index contributed by atoms with van der Waals surface area (Å²) >= 11 is 10.0. The van der Waals surface area contributed by atoms with Crippen LogP contribution >= 0.6 is 54.5 Å². The Morgan fingerprint density at radius 2 is 1.25 bits per heavy atom. The first-order valence-electron chi connectivity index (χ1n) is 11.5. The quantitative estimate of drug-likeness (QED) is 0.111. The van der Waals surface area contributed by atoms with Gasteiger partial charge in [-0.25, -0.2) is 4.79 Å². The van der Waals surface area contributed by atoms with Gasteiger partial charge in [0.1, 0.15) is 0 Å². The van der Waals surface area contributed by atoms with Gasteiger partial charge in [0.25, 0.3) is 0 Å². The molecule has 0 radical (unpaired) electrons. The summed E-state index contributed by atoms with van der Waals surface area (Å²) in [5.74, 6) is -0.296. The lowest BCUT2D eigenvalue weighted by atomic mass is 10.0. The summed E-state index contributed by atoms with van der Waals surface area (Å²) in [5, 5.41) is 1.61. The summed E-state index contributed by atoms with van der Waals surface area (Å²) in [6, 6.07) is 3.86. The van der Waals surface area contributed by atoms with Crippen LogP contribution in [0, 0.1) is 0 Å². The molecule has 1 aromatic carbocycles. The number of thiophene rings is 2. The smallest absolute Gasteiger partial charge is 0.340 e. The van der Waals surface area contributed by atoms with E-state index in [0.29, 0.717) is 17.7 Å². The summed E-state index contributed by atoms with van der Waals surface area (Å²) in [4.78, 5) is 25.5. The second-order valence-electron chi connectivity index (χ2n) is 8.21. The Morgan fingerprint density at radius 1 is 0.781 bits per heavy atom. The van der Waals surface area contributed by atoms with E-state index in [1.807, 2.05) is 12.1 Å². The molecule has 3 rings (SSSR count). The van der Waals surface area contributed by atoms with Gasteiger partial charge in [-0.3, -0.25) is 4.79 Å². The van der Waals surface area contributed by atoms with Gasteiger partial charge >= 0.3 is 5.97 Å². The van der Waals surface area contributed by atoms with Crippen molar-refractivity contribution in [3.63, 3.8) is 0 Å². The number of benzene rings is 1. The molecule has 174 valence electrons. The van der Waals surface area contributed by atoms with E-state index in [-0.39, 0.29) is 11.8 Å². The fourth-order valence-corrected chi connectivity index (χ4v) is 7.45. The maximum Gasteiger partial charge on any atom is 0.340 e. The van der Waals surface area contributed by atoms with Crippen molar-refractivity contribution in [3.05, 3.63) is 30.8 Å². The Labute approximate surface area is 215 Å². The zero-order chi connectivity index (χ0) is 23.1. The third-order valence-electron chi connectivity index (χ3n) is 5.68. The first-order chi connectivity index (χ1) is 15.4. The number of Topliss-reactive ketones (excluding diaryl/α,β-unsaturated/α-hetero) is 1. The van der Waals surface area contributed by atoms with Crippen molar-refractivity contribution in [2.75, 3.05) is 6.61 Å². The van der Waals surface area contributed by atoms with Crippen molar-refractivity contribution in [3.8, 4) is 0 Å². The molecular formula is C25H30Br2O3S2. The Hall–Kier alpha value is -0.760. The normalized spacial score (nSPS) is 11.5. The van der Waals surface area contributed by atoms with Gasteiger partial charge < -0.3 is 4.74 Å². The topological polar surface area (TPSA) is 43.4 Å². The molecule has 0 aliphatic carbocycles. The lowest BCUT2D eigenvalue weighted by Gasteiger charge is -2.10. The largest absolute Gasteiger partial charge is 0.462 e. The second kappa shape index (κ2) is 12.6. The van der Waals surface area contributed by atoms with E-state index in [1.54, 1.807) is 6.92 Å². The van der Waals surface area contributed by atoms with Crippen LogP contribution in [0.2, 0.25) is 0 Å². The number of carbonyl (C=O) groups is 2. The number of rotatable bonds is 13. The number of fused-ring (bicyclic) bond motifs is 2. The lowest BCUT2D eigenvalue weighted by molar-refractivity contribution is 0.0502. The Kier molecular flexibility index (Phi) is 10.2. The zero-order valence-corrected chi connectivity index (χ0v) is 23.5. The van der Waals surface area contributed by atoms with Gasteiger partial charge in [-0.15, -0.1) is 22.7 Å². The molecule has 0 aliphatic rings. The van der Waals surface area contributed by atoms with Gasteiger partial charge in [-0.05, 0) is 57.3 Å². The lowest BCUT2D eigenvalue weighted by Crippen LogP contribution is -2.08. The highest BCUT2D eigenvalue weighted by atomic mass is 79.9. The van der Waals surface area contributed by atoms with Gasteiger partial charge in [-0.2, -0.15) is 0 Å². The highest BCUT2D eigenvalue weighted by Crippen LogP contribution is 2.44. The molecule has 2 aromatic heterocycles. The molecule has 0 bridgehead atoms. The third-order valence-corrected chi connectivity index (χ3v) is 9.00. The van der Waals surface area contributed by atoms with Crippen molar-refractivity contribution in [1.29, 1.82) is 0 Å². The van der Waals surface area contributed by atoms with Gasteiger partial charge in [0.15, 0.2) is 5.78 Å². The van der Waals surface area contributed by atoms with Crippen LogP contribution in [0.15, 0.2) is 19.7 Å². The highest BCUT2D eigenvalue weighted by Gasteiger charge is 2.25. The molecule has 3 nitrogen and oxygen atoms in total. The molecule has 0 fully saturated rings. The van der Waals surface area contributed by atoms with E-state index in [0.717, 1.165) is 40.6 Å². The number of hydrogen-bond acceptors (Lipinski definition) is 5. The second-order valence-corrected chi connectivity index (χ2v) is 13.1. The van der Waals surface area contributed by atoms with Crippen molar-refractivity contribution in [2.45, 2.75) is 78.1 Å². The molecule has 3 aromatic rings. The van der Waals surface area contributed by atoms with Crippen molar-refractivity contribution >= 4 is 86.5 Å². The number of halogens is 2. The summed E-state index contributed by atoms with van der Waals surface area (Å²) in [7, 11) is 0. The Morgan fingerprint density at radius 3 is 1.78 bits per heavy atom. The minimum Gasteiger partial charge on any atom is -0.462 e. The van der Waals surface area contributed by atoms with Crippen LogP contribution in [0.1, 0.15) is 98.8 Å². The zero-order valence-electron chi connectivity index (χ0n) is 18.7. The van der Waals surface area contributed by atoms with E-state index in [4.69, 9.17) is 4.74 Å². The summed E-state index contributed by atoms with van der Waals surface area (Å²) in [6.07, 6.45) is 12.5. The predicted octanol–water partition coefficient (Wildman–Crippen LogP) is 9.92. The molecule has 2 heterocycles. The van der Waals surface area contributed by atoms with Crippen LogP contribution in [-0.2, 0) is 4.74 Å².